The molecule has 2 fully saturated rings. The summed E-state index contributed by atoms with van der Waals surface area (Å²) in [5.74, 6) is 0.716. The van der Waals surface area contributed by atoms with Crippen LogP contribution in [-0.2, 0) is 17.7 Å². The van der Waals surface area contributed by atoms with E-state index in [0.717, 1.165) is 50.9 Å². The van der Waals surface area contributed by atoms with Crippen LogP contribution in [0.3, 0.4) is 0 Å². The maximum absolute atomic E-state index is 6.17. The van der Waals surface area contributed by atoms with Gasteiger partial charge in [0.2, 0.25) is 5.88 Å². The van der Waals surface area contributed by atoms with Crippen LogP contribution in [0.25, 0.3) is 0 Å². The lowest BCUT2D eigenvalue weighted by Gasteiger charge is -2.43. The quantitative estimate of drug-likeness (QED) is 0.780. The lowest BCUT2D eigenvalue weighted by molar-refractivity contribution is -0.0844. The first kappa shape index (κ1) is 18.4. The van der Waals surface area contributed by atoms with E-state index in [0.29, 0.717) is 11.9 Å². The van der Waals surface area contributed by atoms with Gasteiger partial charge in [0, 0.05) is 51.1 Å². The molecule has 5 heteroatoms. The lowest BCUT2D eigenvalue weighted by atomic mass is 9.79. The fourth-order valence-corrected chi connectivity index (χ4v) is 4.61. The number of nitrogens with zero attached hydrogens (tertiary/aromatic N) is 3. The summed E-state index contributed by atoms with van der Waals surface area (Å²) in [5, 5.41) is 0. The minimum atomic E-state index is -0.0483. The van der Waals surface area contributed by atoms with Crippen molar-refractivity contribution in [2.45, 2.75) is 63.3 Å². The summed E-state index contributed by atoms with van der Waals surface area (Å²) in [5.41, 5.74) is 2.37. The molecule has 0 N–H and O–H groups in total. The maximum Gasteiger partial charge on any atom is 0.213 e. The second kappa shape index (κ2) is 7.95. The molecule has 1 aliphatic carbocycles. The summed E-state index contributed by atoms with van der Waals surface area (Å²) in [6, 6.07) is 10.5. The molecular weight excluding hydrogens is 338 g/mol. The Morgan fingerprint density at radius 3 is 2.81 bits per heavy atom. The summed E-state index contributed by atoms with van der Waals surface area (Å²) < 4.78 is 12.2. The summed E-state index contributed by atoms with van der Waals surface area (Å²) in [6.07, 6.45) is 9.09. The van der Waals surface area contributed by atoms with E-state index >= 15 is 0 Å². The number of ether oxygens (including phenoxy) is 2. The summed E-state index contributed by atoms with van der Waals surface area (Å²) in [7, 11) is 1.87. The Kier molecular flexibility index (Phi) is 5.41. The van der Waals surface area contributed by atoms with Gasteiger partial charge in [0.25, 0.3) is 0 Å². The van der Waals surface area contributed by atoms with Crippen LogP contribution in [-0.4, -0.2) is 46.3 Å². The lowest BCUT2D eigenvalue weighted by Crippen LogP contribution is -2.52. The second-order valence-electron chi connectivity index (χ2n) is 7.70. The molecule has 1 aliphatic heterocycles. The molecule has 0 unspecified atom stereocenters. The molecule has 2 aromatic heterocycles. The van der Waals surface area contributed by atoms with Crippen LogP contribution in [0.5, 0.6) is 5.88 Å². The zero-order chi connectivity index (χ0) is 18.7. The molecule has 0 aromatic carbocycles. The summed E-state index contributed by atoms with van der Waals surface area (Å²) in [6.45, 7) is 4.08. The minimum Gasteiger partial charge on any atom is -0.474 e. The predicted octanol–water partition coefficient (Wildman–Crippen LogP) is 3.63. The van der Waals surface area contributed by atoms with Crippen molar-refractivity contribution in [2.75, 3.05) is 13.7 Å². The normalized spacial score (nSPS) is 28.1. The third-order valence-corrected chi connectivity index (χ3v) is 6.24. The van der Waals surface area contributed by atoms with Crippen LogP contribution in [0.1, 0.15) is 43.9 Å². The molecule has 5 nitrogen and oxygen atoms in total. The smallest absolute Gasteiger partial charge is 0.213 e. The average Bonchev–Trinajstić information content (AvgIpc) is 3.08. The number of aryl methyl sites for hydroxylation is 1. The van der Waals surface area contributed by atoms with Gasteiger partial charge in [0.1, 0.15) is 6.10 Å². The molecule has 2 aliphatic rings. The van der Waals surface area contributed by atoms with E-state index in [1.807, 2.05) is 31.5 Å². The SMILES string of the molecule is CCc1ccc(CN2CC[C@]3(OC)CC[C@H](Oc4ccccn4)C[C@H]23)nc1. The molecule has 0 spiro atoms. The van der Waals surface area contributed by atoms with Gasteiger partial charge in [-0.15, -0.1) is 0 Å². The van der Waals surface area contributed by atoms with Gasteiger partial charge in [-0.1, -0.05) is 19.1 Å². The van der Waals surface area contributed by atoms with Crippen molar-refractivity contribution in [3.63, 3.8) is 0 Å². The van der Waals surface area contributed by atoms with Crippen molar-refractivity contribution < 1.29 is 9.47 Å². The van der Waals surface area contributed by atoms with E-state index < -0.39 is 0 Å². The predicted molar refractivity (Wildman–Crippen MR) is 105 cm³/mol. The maximum atomic E-state index is 6.17. The highest BCUT2D eigenvalue weighted by molar-refractivity contribution is 5.16. The van der Waals surface area contributed by atoms with E-state index in [1.54, 1.807) is 6.20 Å². The highest BCUT2D eigenvalue weighted by atomic mass is 16.5. The molecule has 3 atom stereocenters. The van der Waals surface area contributed by atoms with E-state index in [9.17, 15) is 0 Å². The van der Waals surface area contributed by atoms with Gasteiger partial charge < -0.3 is 9.47 Å². The van der Waals surface area contributed by atoms with Gasteiger partial charge in [-0.2, -0.15) is 0 Å². The molecule has 2 aromatic rings. The molecule has 1 saturated heterocycles. The van der Waals surface area contributed by atoms with E-state index in [1.165, 1.54) is 5.56 Å². The third-order valence-electron chi connectivity index (χ3n) is 6.24. The average molecular weight is 367 g/mol. The Bertz CT molecular complexity index is 737. The molecule has 0 bridgehead atoms. The molecule has 3 heterocycles. The Morgan fingerprint density at radius 2 is 2.11 bits per heavy atom. The molecule has 0 amide bonds. The highest BCUT2D eigenvalue weighted by Crippen LogP contribution is 2.43. The number of methoxy groups -OCH3 is 1. The highest BCUT2D eigenvalue weighted by Gasteiger charge is 2.51. The minimum absolute atomic E-state index is 0.0483. The monoisotopic (exact) mass is 367 g/mol. The van der Waals surface area contributed by atoms with Crippen molar-refractivity contribution in [1.29, 1.82) is 0 Å². The number of likely N-dealkylation sites (tertiary alicyclic amines) is 1. The van der Waals surface area contributed by atoms with Crippen molar-refractivity contribution >= 4 is 0 Å². The first-order valence-corrected chi connectivity index (χ1v) is 10.0. The largest absolute Gasteiger partial charge is 0.474 e. The van der Waals surface area contributed by atoms with Crippen molar-refractivity contribution in [2.24, 2.45) is 0 Å². The fourth-order valence-electron chi connectivity index (χ4n) is 4.61. The van der Waals surface area contributed by atoms with Crippen molar-refractivity contribution in [3.8, 4) is 5.88 Å². The van der Waals surface area contributed by atoms with E-state index in [4.69, 9.17) is 9.47 Å². The van der Waals surface area contributed by atoms with Crippen molar-refractivity contribution in [1.82, 2.24) is 14.9 Å². The van der Waals surface area contributed by atoms with Gasteiger partial charge in [0.15, 0.2) is 0 Å². The Balaban J connectivity index is 1.46. The molecule has 0 radical (unpaired) electrons. The number of fused-ring (bicyclic) bond motifs is 1. The van der Waals surface area contributed by atoms with Crippen LogP contribution in [0.15, 0.2) is 42.7 Å². The van der Waals surface area contributed by atoms with Crippen LogP contribution in [0.4, 0.5) is 0 Å². The van der Waals surface area contributed by atoms with E-state index in [2.05, 4.69) is 33.9 Å². The Labute approximate surface area is 161 Å². The standard InChI is InChI=1S/C22H29N3O2/c1-3-17-7-8-18(24-15-17)16-25-13-11-22(26-2)10-9-19(14-20(22)25)27-21-6-4-5-12-23-21/h4-8,12,15,19-20H,3,9-11,13-14,16H2,1-2H3/t19-,20-,22+/m0/s1. The van der Waals surface area contributed by atoms with Gasteiger partial charge in [-0.05, 0) is 43.4 Å². The van der Waals surface area contributed by atoms with Crippen LogP contribution in [0, 0.1) is 0 Å². The number of rotatable bonds is 6. The summed E-state index contributed by atoms with van der Waals surface area (Å²) in [4.78, 5) is 11.5. The van der Waals surface area contributed by atoms with Gasteiger partial charge in [-0.25, -0.2) is 4.98 Å². The zero-order valence-electron chi connectivity index (χ0n) is 16.3. The summed E-state index contributed by atoms with van der Waals surface area (Å²) >= 11 is 0. The van der Waals surface area contributed by atoms with Crippen LogP contribution in [0.2, 0.25) is 0 Å². The first-order chi connectivity index (χ1) is 13.2. The van der Waals surface area contributed by atoms with Crippen LogP contribution < -0.4 is 4.74 Å². The fraction of sp³-hybridized carbons (Fsp3) is 0.545. The van der Waals surface area contributed by atoms with E-state index in [-0.39, 0.29) is 11.7 Å². The van der Waals surface area contributed by atoms with Crippen molar-refractivity contribution in [3.05, 3.63) is 54.0 Å². The molecule has 27 heavy (non-hydrogen) atoms. The third kappa shape index (κ3) is 3.85. The molecule has 144 valence electrons. The van der Waals surface area contributed by atoms with Gasteiger partial charge in [0.05, 0.1) is 11.3 Å². The Morgan fingerprint density at radius 1 is 1.19 bits per heavy atom. The number of aromatic nitrogens is 2. The van der Waals surface area contributed by atoms with Crippen LogP contribution >= 0.6 is 0 Å². The number of hydrogen-bond acceptors (Lipinski definition) is 5. The topological polar surface area (TPSA) is 47.5 Å². The zero-order valence-corrected chi connectivity index (χ0v) is 16.3. The molecule has 1 saturated carbocycles. The number of pyridine rings is 2. The number of hydrogen-bond donors (Lipinski definition) is 0. The second-order valence-corrected chi connectivity index (χ2v) is 7.70. The first-order valence-electron chi connectivity index (χ1n) is 10.0. The van der Waals surface area contributed by atoms with Gasteiger partial charge in [-0.3, -0.25) is 9.88 Å². The Hall–Kier alpha value is -1.98. The molecule has 4 rings (SSSR count). The van der Waals surface area contributed by atoms with Gasteiger partial charge >= 0.3 is 0 Å². The molecular formula is C22H29N3O2.